The van der Waals surface area contributed by atoms with Gasteiger partial charge in [-0.1, -0.05) is 65.3 Å². The minimum atomic E-state index is -0.492. The van der Waals surface area contributed by atoms with Gasteiger partial charge < -0.3 is 19.5 Å². The third-order valence-corrected chi connectivity index (χ3v) is 4.77. The van der Waals surface area contributed by atoms with Gasteiger partial charge >= 0.3 is 6.09 Å². The molecule has 7 heteroatoms. The van der Waals surface area contributed by atoms with Gasteiger partial charge in [0.25, 0.3) is 5.91 Å². The lowest BCUT2D eigenvalue weighted by Crippen LogP contribution is -2.61. The van der Waals surface area contributed by atoms with Crippen LogP contribution in [0.2, 0.25) is 0 Å². The van der Waals surface area contributed by atoms with Crippen LogP contribution in [0.4, 0.5) is 4.79 Å². The highest BCUT2D eigenvalue weighted by Crippen LogP contribution is 2.22. The Morgan fingerprint density at radius 2 is 1.86 bits per heavy atom. The quantitative estimate of drug-likeness (QED) is 0.721. The lowest BCUT2D eigenvalue weighted by molar-refractivity contribution is 0.0535. The van der Waals surface area contributed by atoms with Crippen LogP contribution in [-0.2, 0) is 11.3 Å². The van der Waals surface area contributed by atoms with Gasteiger partial charge in [-0.2, -0.15) is 0 Å². The van der Waals surface area contributed by atoms with Crippen LogP contribution < -0.4 is 5.32 Å². The van der Waals surface area contributed by atoms with Gasteiger partial charge in [0.2, 0.25) is 0 Å². The molecule has 1 fully saturated rings. The van der Waals surface area contributed by atoms with E-state index >= 15 is 0 Å². The minimum Gasteiger partial charge on any atom is -0.445 e. The molecule has 0 radical (unpaired) electrons. The van der Waals surface area contributed by atoms with Gasteiger partial charge in [0.1, 0.15) is 6.61 Å². The van der Waals surface area contributed by atoms with E-state index in [2.05, 4.69) is 10.5 Å². The zero-order valence-corrected chi connectivity index (χ0v) is 16.0. The van der Waals surface area contributed by atoms with Gasteiger partial charge in [0.15, 0.2) is 11.5 Å². The van der Waals surface area contributed by atoms with Crippen molar-refractivity contribution in [1.29, 1.82) is 0 Å². The number of benzene rings is 2. The summed E-state index contributed by atoms with van der Waals surface area (Å²) < 4.78 is 10.5. The third kappa shape index (κ3) is 4.45. The second-order valence-electron chi connectivity index (χ2n) is 7.06. The fourth-order valence-electron chi connectivity index (χ4n) is 3.06. The Morgan fingerprint density at radius 3 is 2.59 bits per heavy atom. The van der Waals surface area contributed by atoms with E-state index in [1.165, 1.54) is 0 Å². The summed E-state index contributed by atoms with van der Waals surface area (Å²) in [6.07, 6.45) is -0.492. The van der Waals surface area contributed by atoms with Gasteiger partial charge in [-0.25, -0.2) is 4.79 Å². The predicted octanol–water partition coefficient (Wildman–Crippen LogP) is 3.40. The molecule has 0 atom stereocenters. The summed E-state index contributed by atoms with van der Waals surface area (Å²) in [5.41, 5.74) is 3.19. The number of carbonyl (C=O) groups excluding carboxylic acids is 2. The highest BCUT2D eigenvalue weighted by Gasteiger charge is 2.34. The van der Waals surface area contributed by atoms with E-state index < -0.39 is 6.09 Å². The Kier molecular flexibility index (Phi) is 5.29. The molecule has 0 unspecified atom stereocenters. The maximum absolute atomic E-state index is 12.5. The summed E-state index contributed by atoms with van der Waals surface area (Å²) in [6, 6.07) is 18.8. The van der Waals surface area contributed by atoms with E-state index in [-0.39, 0.29) is 24.2 Å². The van der Waals surface area contributed by atoms with Crippen molar-refractivity contribution in [3.63, 3.8) is 0 Å². The van der Waals surface area contributed by atoms with Gasteiger partial charge in [-0.3, -0.25) is 4.79 Å². The molecule has 1 aliphatic rings. The van der Waals surface area contributed by atoms with Gasteiger partial charge in [-0.15, -0.1) is 0 Å². The maximum atomic E-state index is 12.5. The molecule has 7 nitrogen and oxygen atoms in total. The van der Waals surface area contributed by atoms with Crippen molar-refractivity contribution in [1.82, 2.24) is 15.4 Å². The topological polar surface area (TPSA) is 84.7 Å². The monoisotopic (exact) mass is 391 g/mol. The first-order valence-corrected chi connectivity index (χ1v) is 9.39. The number of alkyl carbamates (subject to hydrolysis) is 1. The van der Waals surface area contributed by atoms with E-state index in [1.54, 1.807) is 11.0 Å². The van der Waals surface area contributed by atoms with E-state index in [4.69, 9.17) is 9.26 Å². The molecule has 4 rings (SSSR count). The maximum Gasteiger partial charge on any atom is 0.407 e. The average molecular weight is 391 g/mol. The number of aromatic nitrogens is 1. The molecular weight excluding hydrogens is 370 g/mol. The van der Waals surface area contributed by atoms with Crippen LogP contribution in [-0.4, -0.2) is 41.2 Å². The standard InChI is InChI=1S/C22H21N3O4/c1-15-7-9-17(10-8-15)20-11-19(24-29-20)21(26)25-12-18(13-25)23-22(27)28-14-16-5-3-2-4-6-16/h2-11,18H,12-14H2,1H3,(H,23,27). The highest BCUT2D eigenvalue weighted by atomic mass is 16.5. The lowest BCUT2D eigenvalue weighted by Gasteiger charge is -2.38. The van der Waals surface area contributed by atoms with Gasteiger partial charge in [0, 0.05) is 24.7 Å². The third-order valence-electron chi connectivity index (χ3n) is 4.77. The van der Waals surface area contributed by atoms with E-state index in [1.807, 2.05) is 61.5 Å². The first-order chi connectivity index (χ1) is 14.1. The Bertz CT molecular complexity index is 992. The van der Waals surface area contributed by atoms with Crippen molar-refractivity contribution in [2.45, 2.75) is 19.6 Å². The SMILES string of the molecule is Cc1ccc(-c2cc(C(=O)N3CC(NC(=O)OCc4ccccc4)C3)no2)cc1. The molecular formula is C22H21N3O4. The number of likely N-dealkylation sites (tertiary alicyclic amines) is 1. The fourth-order valence-corrected chi connectivity index (χ4v) is 3.06. The smallest absolute Gasteiger partial charge is 0.407 e. The van der Waals surface area contributed by atoms with E-state index in [0.717, 1.165) is 16.7 Å². The van der Waals surface area contributed by atoms with Crippen LogP contribution in [0, 0.1) is 6.92 Å². The van der Waals surface area contributed by atoms with E-state index in [0.29, 0.717) is 18.8 Å². The van der Waals surface area contributed by atoms with Gasteiger partial charge in [-0.05, 0) is 12.5 Å². The van der Waals surface area contributed by atoms with E-state index in [9.17, 15) is 9.59 Å². The lowest BCUT2D eigenvalue weighted by atomic mass is 10.1. The first kappa shape index (κ1) is 18.7. The van der Waals surface area contributed by atoms with Crippen molar-refractivity contribution >= 4 is 12.0 Å². The van der Waals surface area contributed by atoms with Crippen LogP contribution in [0.1, 0.15) is 21.6 Å². The predicted molar refractivity (Wildman–Crippen MR) is 106 cm³/mol. The molecule has 1 aliphatic heterocycles. The number of hydrogen-bond acceptors (Lipinski definition) is 5. The number of ether oxygens (including phenoxy) is 1. The van der Waals surface area contributed by atoms with Crippen LogP contribution in [0.25, 0.3) is 11.3 Å². The minimum absolute atomic E-state index is 0.134. The van der Waals surface area contributed by atoms with Crippen molar-refractivity contribution < 1.29 is 18.8 Å². The number of carbonyl (C=O) groups is 2. The molecule has 3 aromatic rings. The molecule has 1 aromatic heterocycles. The largest absolute Gasteiger partial charge is 0.445 e. The molecule has 0 spiro atoms. The Morgan fingerprint density at radius 1 is 1.14 bits per heavy atom. The zero-order chi connectivity index (χ0) is 20.2. The second kappa shape index (κ2) is 8.18. The van der Waals surface area contributed by atoms with Crippen molar-refractivity contribution in [2.75, 3.05) is 13.1 Å². The summed E-state index contributed by atoms with van der Waals surface area (Å²) in [5, 5.41) is 6.65. The Labute approximate surface area is 168 Å². The highest BCUT2D eigenvalue weighted by molar-refractivity contribution is 5.93. The van der Waals surface area contributed by atoms with Gasteiger partial charge in [0.05, 0.1) is 6.04 Å². The summed E-state index contributed by atoms with van der Waals surface area (Å²) in [6.45, 7) is 3.03. The van der Waals surface area contributed by atoms with Crippen LogP contribution in [0.3, 0.4) is 0 Å². The van der Waals surface area contributed by atoms with Crippen molar-refractivity contribution in [3.05, 3.63) is 77.5 Å². The summed E-state index contributed by atoms with van der Waals surface area (Å²) >= 11 is 0. The normalized spacial score (nSPS) is 13.6. The average Bonchev–Trinajstić information content (AvgIpc) is 3.20. The number of hydrogen-bond donors (Lipinski definition) is 1. The molecule has 148 valence electrons. The molecule has 2 amide bonds. The number of nitrogens with zero attached hydrogens (tertiary/aromatic N) is 2. The van der Waals surface area contributed by atoms with Crippen LogP contribution in [0.15, 0.2) is 65.2 Å². The second-order valence-corrected chi connectivity index (χ2v) is 7.06. The fraction of sp³-hybridized carbons (Fsp3) is 0.227. The zero-order valence-electron chi connectivity index (χ0n) is 16.0. The summed E-state index contributed by atoms with van der Waals surface area (Å²) in [4.78, 5) is 26.0. The molecule has 1 saturated heterocycles. The van der Waals surface area contributed by atoms with Crippen molar-refractivity contribution in [2.24, 2.45) is 0 Å². The number of aryl methyl sites for hydroxylation is 1. The molecule has 2 heterocycles. The van der Waals surface area contributed by atoms with Crippen LogP contribution >= 0.6 is 0 Å². The molecule has 0 aliphatic carbocycles. The first-order valence-electron chi connectivity index (χ1n) is 9.39. The molecule has 1 N–H and O–H groups in total. The number of amides is 2. The Balaban J connectivity index is 1.25. The number of rotatable bonds is 5. The molecule has 29 heavy (non-hydrogen) atoms. The van der Waals surface area contributed by atoms with Crippen LogP contribution in [0.5, 0.6) is 0 Å². The molecule has 0 bridgehead atoms. The summed E-state index contributed by atoms with van der Waals surface area (Å²) in [7, 11) is 0. The summed E-state index contributed by atoms with van der Waals surface area (Å²) in [5.74, 6) is 0.329. The van der Waals surface area contributed by atoms with Crippen molar-refractivity contribution in [3.8, 4) is 11.3 Å². The molecule has 2 aromatic carbocycles. The Hall–Kier alpha value is -3.61. The number of nitrogens with one attached hydrogen (secondary N) is 1. The molecule has 0 saturated carbocycles.